The van der Waals surface area contributed by atoms with Gasteiger partial charge in [0, 0.05) is 6.20 Å². The fraction of sp³-hybridized carbons (Fsp3) is 0.0769. The summed E-state index contributed by atoms with van der Waals surface area (Å²) in [5, 5.41) is 0.406. The highest BCUT2D eigenvalue weighted by Crippen LogP contribution is 2.27. The van der Waals surface area contributed by atoms with Gasteiger partial charge in [-0.05, 0) is 24.6 Å². The Bertz CT molecular complexity index is 867. The summed E-state index contributed by atoms with van der Waals surface area (Å²) in [5.74, 6) is -0.176. The maximum Gasteiger partial charge on any atom is 0.260 e. The van der Waals surface area contributed by atoms with Crippen molar-refractivity contribution in [3.63, 3.8) is 0 Å². The number of H-pyrrole nitrogens is 1. The molecule has 0 atom stereocenters. The molecule has 3 N–H and O–H groups in total. The number of nitrogens with one attached hydrogen (secondary N) is 1. The standard InChI is InChI=1S/C13H10N4O2S/c1-6-8-12(19)16-11(7-4-2-3-5-15-7)17-13(8)20-9(6)10(14)18/h2-5H,1H3,(H2,14,18)(H,16,17,19). The monoisotopic (exact) mass is 286 g/mol. The second-order valence-corrected chi connectivity index (χ2v) is 5.23. The molecule has 0 spiro atoms. The van der Waals surface area contributed by atoms with Crippen LogP contribution in [0.15, 0.2) is 29.2 Å². The number of carbonyl (C=O) groups excluding carboxylic acids is 1. The zero-order valence-electron chi connectivity index (χ0n) is 10.5. The second kappa shape index (κ2) is 4.53. The van der Waals surface area contributed by atoms with Crippen LogP contribution in [-0.2, 0) is 0 Å². The lowest BCUT2D eigenvalue weighted by atomic mass is 10.2. The van der Waals surface area contributed by atoms with Crippen LogP contribution in [0.5, 0.6) is 0 Å². The number of hydrogen-bond acceptors (Lipinski definition) is 5. The Hall–Kier alpha value is -2.54. The third-order valence-electron chi connectivity index (χ3n) is 2.93. The summed E-state index contributed by atoms with van der Waals surface area (Å²) in [6, 6.07) is 5.33. The molecular formula is C13H10N4O2S. The largest absolute Gasteiger partial charge is 0.365 e. The van der Waals surface area contributed by atoms with Crippen molar-refractivity contribution < 1.29 is 4.79 Å². The Kier molecular flexibility index (Phi) is 2.83. The van der Waals surface area contributed by atoms with E-state index in [0.29, 0.717) is 32.2 Å². The lowest BCUT2D eigenvalue weighted by Gasteiger charge is -1.99. The first-order valence-electron chi connectivity index (χ1n) is 5.82. The maximum absolute atomic E-state index is 12.2. The van der Waals surface area contributed by atoms with Gasteiger partial charge in [-0.2, -0.15) is 0 Å². The predicted octanol–water partition coefficient (Wildman–Crippen LogP) is 1.45. The molecule has 0 bridgehead atoms. The molecule has 1 amide bonds. The van der Waals surface area contributed by atoms with Gasteiger partial charge in [-0.3, -0.25) is 14.6 Å². The molecule has 100 valence electrons. The minimum Gasteiger partial charge on any atom is -0.365 e. The molecule has 0 saturated carbocycles. The van der Waals surface area contributed by atoms with Crippen molar-refractivity contribution in [2.24, 2.45) is 5.73 Å². The van der Waals surface area contributed by atoms with Gasteiger partial charge in [-0.25, -0.2) is 4.98 Å². The van der Waals surface area contributed by atoms with Crippen molar-refractivity contribution in [3.05, 3.63) is 45.2 Å². The smallest absolute Gasteiger partial charge is 0.260 e. The first-order valence-corrected chi connectivity index (χ1v) is 6.64. The number of carbonyl (C=O) groups is 1. The van der Waals surface area contributed by atoms with E-state index in [9.17, 15) is 9.59 Å². The number of nitrogens with two attached hydrogens (primary N) is 1. The van der Waals surface area contributed by atoms with Crippen molar-refractivity contribution in [2.45, 2.75) is 6.92 Å². The number of thiophene rings is 1. The van der Waals surface area contributed by atoms with E-state index in [4.69, 9.17) is 5.73 Å². The third kappa shape index (κ3) is 1.88. The summed E-state index contributed by atoms with van der Waals surface area (Å²) < 4.78 is 0. The second-order valence-electron chi connectivity index (χ2n) is 4.23. The number of aromatic nitrogens is 3. The van der Waals surface area contributed by atoms with Crippen molar-refractivity contribution in [1.82, 2.24) is 15.0 Å². The molecule has 0 radical (unpaired) electrons. The zero-order valence-corrected chi connectivity index (χ0v) is 11.3. The van der Waals surface area contributed by atoms with E-state index >= 15 is 0 Å². The summed E-state index contributed by atoms with van der Waals surface area (Å²) in [4.78, 5) is 35.5. The molecule has 7 heteroatoms. The summed E-state index contributed by atoms with van der Waals surface area (Å²) in [5.41, 5.74) is 6.14. The Morgan fingerprint density at radius 2 is 2.20 bits per heavy atom. The van der Waals surface area contributed by atoms with E-state index in [1.54, 1.807) is 31.3 Å². The minimum absolute atomic E-state index is 0.295. The van der Waals surface area contributed by atoms with Crippen LogP contribution in [0, 0.1) is 6.92 Å². The molecule has 0 aliphatic rings. The highest BCUT2D eigenvalue weighted by molar-refractivity contribution is 7.20. The van der Waals surface area contributed by atoms with Crippen LogP contribution in [0.4, 0.5) is 0 Å². The van der Waals surface area contributed by atoms with Crippen LogP contribution in [-0.4, -0.2) is 20.9 Å². The fourth-order valence-electron chi connectivity index (χ4n) is 2.00. The molecule has 3 rings (SSSR count). The summed E-state index contributed by atoms with van der Waals surface area (Å²) in [6.07, 6.45) is 1.62. The maximum atomic E-state index is 12.2. The first-order chi connectivity index (χ1) is 9.58. The van der Waals surface area contributed by atoms with Gasteiger partial charge in [0.05, 0.1) is 10.3 Å². The van der Waals surface area contributed by atoms with Gasteiger partial charge in [0.25, 0.3) is 11.5 Å². The van der Waals surface area contributed by atoms with Gasteiger partial charge in [0.2, 0.25) is 0 Å². The number of rotatable bonds is 2. The first kappa shape index (κ1) is 12.5. The summed E-state index contributed by atoms with van der Waals surface area (Å²) in [7, 11) is 0. The number of aromatic amines is 1. The number of pyridine rings is 1. The van der Waals surface area contributed by atoms with Gasteiger partial charge >= 0.3 is 0 Å². The van der Waals surface area contributed by atoms with Crippen molar-refractivity contribution in [3.8, 4) is 11.5 Å². The van der Waals surface area contributed by atoms with E-state index in [-0.39, 0.29) is 5.56 Å². The van der Waals surface area contributed by atoms with Crippen LogP contribution in [0.2, 0.25) is 0 Å². The van der Waals surface area contributed by atoms with Crippen molar-refractivity contribution >= 4 is 27.5 Å². The van der Waals surface area contributed by atoms with Crippen LogP contribution in [0.25, 0.3) is 21.7 Å². The predicted molar refractivity (Wildman–Crippen MR) is 76.7 cm³/mol. The lowest BCUT2D eigenvalue weighted by molar-refractivity contribution is 0.100. The number of primary amides is 1. The van der Waals surface area contributed by atoms with E-state index in [0.717, 1.165) is 11.3 Å². The van der Waals surface area contributed by atoms with E-state index < -0.39 is 5.91 Å². The van der Waals surface area contributed by atoms with Crippen LogP contribution in [0.3, 0.4) is 0 Å². The zero-order chi connectivity index (χ0) is 14.3. The van der Waals surface area contributed by atoms with E-state index in [1.807, 2.05) is 0 Å². The molecule has 0 saturated heterocycles. The molecule has 0 aliphatic carbocycles. The van der Waals surface area contributed by atoms with Gasteiger partial charge in [-0.1, -0.05) is 6.07 Å². The van der Waals surface area contributed by atoms with Gasteiger partial charge < -0.3 is 10.7 Å². The van der Waals surface area contributed by atoms with Crippen LogP contribution >= 0.6 is 11.3 Å². The summed E-state index contributed by atoms with van der Waals surface area (Å²) in [6.45, 7) is 1.69. The Balaban J connectivity index is 2.31. The SMILES string of the molecule is Cc1c(C(N)=O)sc2nc(-c3ccccn3)[nH]c(=O)c12. The quantitative estimate of drug-likeness (QED) is 0.744. The van der Waals surface area contributed by atoms with Crippen LogP contribution < -0.4 is 11.3 Å². The molecule has 3 heterocycles. The normalized spacial score (nSPS) is 10.8. The average molecular weight is 286 g/mol. The molecule has 6 nitrogen and oxygen atoms in total. The highest BCUT2D eigenvalue weighted by Gasteiger charge is 2.17. The number of hydrogen-bond donors (Lipinski definition) is 2. The topological polar surface area (TPSA) is 102 Å². The Morgan fingerprint density at radius 1 is 1.40 bits per heavy atom. The Labute approximate surface area is 117 Å². The number of fused-ring (bicyclic) bond motifs is 1. The van der Waals surface area contributed by atoms with Crippen molar-refractivity contribution in [1.29, 1.82) is 0 Å². The molecule has 0 aromatic carbocycles. The molecule has 3 aromatic rings. The van der Waals surface area contributed by atoms with Gasteiger partial charge in [0.15, 0.2) is 5.82 Å². The molecule has 0 unspecified atom stereocenters. The highest BCUT2D eigenvalue weighted by atomic mass is 32.1. The number of amides is 1. The average Bonchev–Trinajstić information content (AvgIpc) is 2.77. The van der Waals surface area contributed by atoms with Gasteiger partial charge in [0.1, 0.15) is 10.5 Å². The van der Waals surface area contributed by atoms with Crippen molar-refractivity contribution in [2.75, 3.05) is 0 Å². The lowest BCUT2D eigenvalue weighted by Crippen LogP contribution is -2.12. The fourth-order valence-corrected chi connectivity index (χ4v) is 3.04. The molecule has 3 aromatic heterocycles. The van der Waals surface area contributed by atoms with Gasteiger partial charge in [-0.15, -0.1) is 11.3 Å². The molecule has 20 heavy (non-hydrogen) atoms. The third-order valence-corrected chi connectivity index (χ3v) is 4.13. The molecule has 0 fully saturated rings. The minimum atomic E-state index is -0.552. The van der Waals surface area contributed by atoms with E-state index in [1.165, 1.54) is 0 Å². The van der Waals surface area contributed by atoms with E-state index in [2.05, 4.69) is 15.0 Å². The molecule has 0 aliphatic heterocycles. The van der Waals surface area contributed by atoms with Crippen LogP contribution in [0.1, 0.15) is 15.2 Å². The number of aryl methyl sites for hydroxylation is 1. The Morgan fingerprint density at radius 3 is 2.85 bits per heavy atom. The molecular weight excluding hydrogens is 276 g/mol. The number of nitrogens with zero attached hydrogens (tertiary/aromatic N) is 2. The summed E-state index contributed by atoms with van der Waals surface area (Å²) >= 11 is 1.12.